The Kier molecular flexibility index (Phi) is 3.57. The third-order valence-electron chi connectivity index (χ3n) is 1.81. The van der Waals surface area contributed by atoms with Gasteiger partial charge in [0.1, 0.15) is 0 Å². The molecule has 2 heteroatoms. The van der Waals surface area contributed by atoms with Crippen molar-refractivity contribution in [1.29, 1.82) is 0 Å². The second-order valence-electron chi connectivity index (χ2n) is 3.01. The summed E-state index contributed by atoms with van der Waals surface area (Å²) in [7, 11) is 0. The van der Waals surface area contributed by atoms with Gasteiger partial charge in [0.2, 0.25) is 0 Å². The average Bonchev–Trinajstić information content (AvgIpc) is 2.71. The van der Waals surface area contributed by atoms with Gasteiger partial charge in [-0.15, -0.1) is 0 Å². The summed E-state index contributed by atoms with van der Waals surface area (Å²) >= 11 is 2.03. The Morgan fingerprint density at radius 1 is 1.70 bits per heavy atom. The summed E-state index contributed by atoms with van der Waals surface area (Å²) in [6, 6.07) is 0. The molecule has 0 bridgehead atoms. The Morgan fingerprint density at radius 3 is 2.90 bits per heavy atom. The van der Waals surface area contributed by atoms with Crippen molar-refractivity contribution in [2.24, 2.45) is 5.92 Å². The molecule has 1 nitrogen and oxygen atoms in total. The molecule has 1 heterocycles. The molecule has 1 aliphatic rings. The summed E-state index contributed by atoms with van der Waals surface area (Å²) in [5.41, 5.74) is 0. The minimum Gasteiger partial charge on any atom is -0.372 e. The number of thioether (sulfide) groups is 1. The van der Waals surface area contributed by atoms with Gasteiger partial charge in [-0.2, -0.15) is 11.8 Å². The highest BCUT2D eigenvalue weighted by atomic mass is 32.2. The summed E-state index contributed by atoms with van der Waals surface area (Å²) < 4.78 is 5.10. The third-order valence-corrected chi connectivity index (χ3v) is 3.22. The molecule has 0 aromatic rings. The highest BCUT2D eigenvalue weighted by Gasteiger charge is 2.21. The molecule has 2 atom stereocenters. The fraction of sp³-hybridized carbons (Fsp3) is 1.00. The maximum atomic E-state index is 5.10. The molecule has 1 aliphatic heterocycles. The molecule has 1 fully saturated rings. The van der Waals surface area contributed by atoms with Crippen molar-refractivity contribution in [1.82, 2.24) is 0 Å². The Labute approximate surface area is 67.5 Å². The zero-order valence-corrected chi connectivity index (χ0v) is 7.62. The monoisotopic (exact) mass is 160 g/mol. The van der Waals surface area contributed by atoms with Crippen molar-refractivity contribution in [2.45, 2.75) is 26.4 Å². The van der Waals surface area contributed by atoms with Crippen LogP contribution in [0.2, 0.25) is 0 Å². The maximum Gasteiger partial charge on any atom is 0.0900 e. The number of hydrogen-bond acceptors (Lipinski definition) is 2. The number of hydrogen-bond donors (Lipinski definition) is 0. The van der Waals surface area contributed by atoms with Crippen molar-refractivity contribution in [3.05, 3.63) is 0 Å². The molecule has 0 aromatic heterocycles. The lowest BCUT2D eigenvalue weighted by atomic mass is 10.2. The molecule has 0 N–H and O–H groups in total. The van der Waals surface area contributed by atoms with Gasteiger partial charge in [-0.3, -0.25) is 0 Å². The predicted molar refractivity (Wildman–Crippen MR) is 46.5 cm³/mol. The van der Waals surface area contributed by atoms with Crippen LogP contribution in [-0.2, 0) is 4.74 Å². The lowest BCUT2D eigenvalue weighted by Gasteiger charge is -2.05. The maximum absolute atomic E-state index is 5.10. The largest absolute Gasteiger partial charge is 0.372 e. The van der Waals surface area contributed by atoms with Gasteiger partial charge in [-0.25, -0.2) is 0 Å². The van der Waals surface area contributed by atoms with Crippen LogP contribution in [0.3, 0.4) is 0 Å². The lowest BCUT2D eigenvalue weighted by molar-refractivity contribution is 0.426. The van der Waals surface area contributed by atoms with E-state index in [0.717, 1.165) is 12.5 Å². The van der Waals surface area contributed by atoms with Gasteiger partial charge in [-0.05, 0) is 11.7 Å². The zero-order chi connectivity index (χ0) is 7.40. The molecular weight excluding hydrogens is 144 g/mol. The van der Waals surface area contributed by atoms with Crippen LogP contribution in [0.4, 0.5) is 0 Å². The summed E-state index contributed by atoms with van der Waals surface area (Å²) in [6.07, 6.45) is 1.91. The molecule has 1 rings (SSSR count). The van der Waals surface area contributed by atoms with Gasteiger partial charge in [-0.1, -0.05) is 20.3 Å². The summed E-state index contributed by atoms with van der Waals surface area (Å²) in [5, 5.41) is 0. The van der Waals surface area contributed by atoms with Crippen LogP contribution in [0.1, 0.15) is 20.3 Å². The van der Waals surface area contributed by atoms with E-state index in [1.807, 2.05) is 11.8 Å². The van der Waals surface area contributed by atoms with Crippen molar-refractivity contribution in [3.63, 3.8) is 0 Å². The normalized spacial score (nSPS) is 26.4. The molecule has 10 heavy (non-hydrogen) atoms. The van der Waals surface area contributed by atoms with Crippen molar-refractivity contribution < 1.29 is 4.74 Å². The smallest absolute Gasteiger partial charge is 0.0900 e. The Morgan fingerprint density at radius 2 is 2.40 bits per heavy atom. The van der Waals surface area contributed by atoms with E-state index in [1.165, 1.54) is 17.9 Å². The molecule has 0 aromatic carbocycles. The van der Waals surface area contributed by atoms with Crippen molar-refractivity contribution in [2.75, 3.05) is 18.1 Å². The van der Waals surface area contributed by atoms with Gasteiger partial charge >= 0.3 is 0 Å². The van der Waals surface area contributed by atoms with Crippen LogP contribution in [0, 0.1) is 5.92 Å². The molecule has 1 saturated heterocycles. The van der Waals surface area contributed by atoms with Crippen LogP contribution in [0.15, 0.2) is 0 Å². The molecule has 0 aliphatic carbocycles. The van der Waals surface area contributed by atoms with E-state index in [0.29, 0.717) is 6.10 Å². The minimum absolute atomic E-state index is 0.606. The van der Waals surface area contributed by atoms with E-state index in [-0.39, 0.29) is 0 Å². The second kappa shape index (κ2) is 4.24. The first-order valence-electron chi connectivity index (χ1n) is 4.02. The summed E-state index contributed by atoms with van der Waals surface area (Å²) in [6.45, 7) is 5.56. The van der Waals surface area contributed by atoms with Gasteiger partial charge in [0.05, 0.1) is 12.7 Å². The summed E-state index contributed by atoms with van der Waals surface area (Å²) in [4.78, 5) is 0. The SMILES string of the molecule is CCC(C)CSC[C@@H]1CO1. The fourth-order valence-corrected chi connectivity index (χ4v) is 1.91. The first-order valence-corrected chi connectivity index (χ1v) is 5.17. The Balaban J connectivity index is 1.83. The van der Waals surface area contributed by atoms with Crippen molar-refractivity contribution >= 4 is 11.8 Å². The average molecular weight is 160 g/mol. The Bertz CT molecular complexity index is 91.3. The Hall–Kier alpha value is 0.310. The topological polar surface area (TPSA) is 12.5 Å². The second-order valence-corrected chi connectivity index (χ2v) is 4.08. The van der Waals surface area contributed by atoms with Crippen LogP contribution >= 0.6 is 11.8 Å². The highest BCUT2D eigenvalue weighted by Crippen LogP contribution is 2.18. The quantitative estimate of drug-likeness (QED) is 0.571. The van der Waals surface area contributed by atoms with E-state index in [1.54, 1.807) is 0 Å². The van der Waals surface area contributed by atoms with Crippen LogP contribution in [0.25, 0.3) is 0 Å². The van der Waals surface area contributed by atoms with Gasteiger partial charge in [0.15, 0.2) is 0 Å². The standard InChI is InChI=1S/C8H16OS/c1-3-7(2)5-10-6-8-4-9-8/h7-8H,3-6H2,1-2H3/t7?,8-/m0/s1. The van der Waals surface area contributed by atoms with E-state index in [4.69, 9.17) is 4.74 Å². The number of rotatable bonds is 5. The number of ether oxygens (including phenoxy) is 1. The fourth-order valence-electron chi connectivity index (χ4n) is 0.683. The first-order chi connectivity index (χ1) is 4.83. The number of epoxide rings is 1. The zero-order valence-electron chi connectivity index (χ0n) is 6.80. The van der Waals surface area contributed by atoms with E-state index < -0.39 is 0 Å². The molecule has 1 unspecified atom stereocenters. The molecular formula is C8H16OS. The van der Waals surface area contributed by atoms with Crippen LogP contribution in [-0.4, -0.2) is 24.2 Å². The first kappa shape index (κ1) is 8.41. The molecule has 60 valence electrons. The minimum atomic E-state index is 0.606. The molecule has 0 spiro atoms. The van der Waals surface area contributed by atoms with Crippen LogP contribution in [0.5, 0.6) is 0 Å². The molecule has 0 radical (unpaired) electrons. The van der Waals surface area contributed by atoms with Crippen molar-refractivity contribution in [3.8, 4) is 0 Å². The summed E-state index contributed by atoms with van der Waals surface area (Å²) in [5.74, 6) is 3.39. The predicted octanol–water partition coefficient (Wildman–Crippen LogP) is 2.16. The van der Waals surface area contributed by atoms with E-state index >= 15 is 0 Å². The molecule has 0 amide bonds. The highest BCUT2D eigenvalue weighted by molar-refractivity contribution is 7.99. The molecule has 0 saturated carbocycles. The van der Waals surface area contributed by atoms with E-state index in [9.17, 15) is 0 Å². The van der Waals surface area contributed by atoms with Crippen LogP contribution < -0.4 is 0 Å². The van der Waals surface area contributed by atoms with Gasteiger partial charge in [0.25, 0.3) is 0 Å². The van der Waals surface area contributed by atoms with Gasteiger partial charge < -0.3 is 4.74 Å². The lowest BCUT2D eigenvalue weighted by Crippen LogP contribution is -1.98. The van der Waals surface area contributed by atoms with Gasteiger partial charge in [0, 0.05) is 5.75 Å². The van der Waals surface area contributed by atoms with E-state index in [2.05, 4.69) is 13.8 Å². The third kappa shape index (κ3) is 3.47.